The number of rotatable bonds is 4. The van der Waals surface area contributed by atoms with Crippen LogP contribution >= 0.6 is 11.3 Å². The Morgan fingerprint density at radius 3 is 2.62 bits per heavy atom. The van der Waals surface area contributed by atoms with Crippen LogP contribution in [-0.2, 0) is 11.8 Å². The van der Waals surface area contributed by atoms with Gasteiger partial charge in [-0.1, -0.05) is 13.0 Å². The highest BCUT2D eigenvalue weighted by Crippen LogP contribution is 2.30. The van der Waals surface area contributed by atoms with Gasteiger partial charge in [0.15, 0.2) is 0 Å². The number of pyridine rings is 1. The maximum absolute atomic E-state index is 9.61. The second-order valence-electron chi connectivity index (χ2n) is 4.23. The Bertz CT molecular complexity index is 426. The highest BCUT2D eigenvalue weighted by molar-refractivity contribution is 7.10. The average Bonchev–Trinajstić information content (AvgIpc) is 2.84. The average molecular weight is 233 g/mol. The first-order valence-corrected chi connectivity index (χ1v) is 6.16. The van der Waals surface area contributed by atoms with Gasteiger partial charge in [-0.3, -0.25) is 4.98 Å². The molecule has 0 aliphatic rings. The van der Waals surface area contributed by atoms with Gasteiger partial charge in [-0.25, -0.2) is 0 Å². The molecule has 1 unspecified atom stereocenters. The molecule has 3 heteroatoms. The van der Waals surface area contributed by atoms with Gasteiger partial charge in [0.2, 0.25) is 0 Å². The van der Waals surface area contributed by atoms with Crippen molar-refractivity contribution in [1.82, 2.24) is 4.98 Å². The van der Waals surface area contributed by atoms with Gasteiger partial charge in [0.05, 0.1) is 6.61 Å². The van der Waals surface area contributed by atoms with E-state index in [1.807, 2.05) is 18.2 Å². The summed E-state index contributed by atoms with van der Waals surface area (Å²) in [4.78, 5) is 5.23. The topological polar surface area (TPSA) is 33.1 Å². The fourth-order valence-electron chi connectivity index (χ4n) is 1.79. The summed E-state index contributed by atoms with van der Waals surface area (Å²) in [6.45, 7) is 2.26. The maximum atomic E-state index is 9.61. The fraction of sp³-hybridized carbons (Fsp3) is 0.308. The van der Waals surface area contributed by atoms with Gasteiger partial charge in [-0.15, -0.1) is 11.3 Å². The Morgan fingerprint density at radius 2 is 2.06 bits per heavy atom. The molecule has 0 amide bonds. The van der Waals surface area contributed by atoms with Crippen molar-refractivity contribution in [2.24, 2.45) is 0 Å². The van der Waals surface area contributed by atoms with E-state index in [1.54, 1.807) is 23.7 Å². The molecule has 0 aliphatic heterocycles. The molecule has 0 aliphatic carbocycles. The number of thiophene rings is 1. The Morgan fingerprint density at radius 1 is 1.31 bits per heavy atom. The van der Waals surface area contributed by atoms with Crippen LogP contribution in [0.5, 0.6) is 0 Å². The third-order valence-electron chi connectivity index (χ3n) is 2.81. The van der Waals surface area contributed by atoms with Gasteiger partial charge in [0.1, 0.15) is 0 Å². The SMILES string of the molecule is CC(CO)(Cc1ccncc1)c1cccs1. The zero-order valence-corrected chi connectivity index (χ0v) is 10.1. The Labute approximate surface area is 99.6 Å². The summed E-state index contributed by atoms with van der Waals surface area (Å²) >= 11 is 1.70. The van der Waals surface area contributed by atoms with Crippen LogP contribution < -0.4 is 0 Å². The van der Waals surface area contributed by atoms with Gasteiger partial charge in [-0.2, -0.15) is 0 Å². The van der Waals surface area contributed by atoms with Crippen LogP contribution in [0.3, 0.4) is 0 Å². The molecule has 0 saturated heterocycles. The zero-order chi connectivity index (χ0) is 11.4. The molecule has 0 fully saturated rings. The van der Waals surface area contributed by atoms with E-state index < -0.39 is 0 Å². The first kappa shape index (κ1) is 11.3. The minimum atomic E-state index is -0.185. The van der Waals surface area contributed by atoms with Gasteiger partial charge < -0.3 is 5.11 Å². The first-order chi connectivity index (χ1) is 7.74. The van der Waals surface area contributed by atoms with E-state index in [0.717, 1.165) is 6.42 Å². The highest BCUT2D eigenvalue weighted by atomic mass is 32.1. The Kier molecular flexibility index (Phi) is 3.36. The zero-order valence-electron chi connectivity index (χ0n) is 9.26. The maximum Gasteiger partial charge on any atom is 0.0536 e. The van der Waals surface area contributed by atoms with Crippen molar-refractivity contribution in [2.45, 2.75) is 18.8 Å². The van der Waals surface area contributed by atoms with Crippen molar-refractivity contribution in [3.05, 3.63) is 52.5 Å². The van der Waals surface area contributed by atoms with Crippen LogP contribution in [-0.4, -0.2) is 16.7 Å². The number of hydrogen-bond acceptors (Lipinski definition) is 3. The summed E-state index contributed by atoms with van der Waals surface area (Å²) < 4.78 is 0. The molecule has 2 aromatic heterocycles. The van der Waals surface area contributed by atoms with Gasteiger partial charge in [0, 0.05) is 22.7 Å². The van der Waals surface area contributed by atoms with E-state index in [-0.39, 0.29) is 12.0 Å². The van der Waals surface area contributed by atoms with E-state index in [4.69, 9.17) is 0 Å². The monoisotopic (exact) mass is 233 g/mol. The van der Waals surface area contributed by atoms with Crippen LogP contribution in [0.25, 0.3) is 0 Å². The van der Waals surface area contributed by atoms with Crippen molar-refractivity contribution < 1.29 is 5.11 Å². The third kappa shape index (κ3) is 2.31. The molecule has 1 N–H and O–H groups in total. The number of aliphatic hydroxyl groups is 1. The molecule has 0 aromatic carbocycles. The first-order valence-electron chi connectivity index (χ1n) is 5.28. The fourth-order valence-corrected chi connectivity index (χ4v) is 2.68. The number of aromatic nitrogens is 1. The largest absolute Gasteiger partial charge is 0.395 e. The summed E-state index contributed by atoms with van der Waals surface area (Å²) in [5, 5.41) is 11.7. The molecule has 84 valence electrons. The predicted molar refractivity (Wildman–Crippen MR) is 66.7 cm³/mol. The molecule has 2 aromatic rings. The third-order valence-corrected chi connectivity index (χ3v) is 3.98. The lowest BCUT2D eigenvalue weighted by atomic mass is 9.83. The summed E-state index contributed by atoms with van der Waals surface area (Å²) in [6.07, 6.45) is 4.43. The molecule has 0 bridgehead atoms. The molecule has 1 atom stereocenters. The van der Waals surface area contributed by atoms with Crippen molar-refractivity contribution in [3.63, 3.8) is 0 Å². The molecule has 0 radical (unpaired) electrons. The normalized spacial score (nSPS) is 14.6. The molecule has 2 rings (SSSR count). The molecule has 0 saturated carbocycles. The summed E-state index contributed by atoms with van der Waals surface area (Å²) in [7, 11) is 0. The van der Waals surface area contributed by atoms with E-state index in [0.29, 0.717) is 0 Å². The van der Waals surface area contributed by atoms with Crippen LogP contribution in [0.2, 0.25) is 0 Å². The Hall–Kier alpha value is -1.19. The molecule has 16 heavy (non-hydrogen) atoms. The highest BCUT2D eigenvalue weighted by Gasteiger charge is 2.27. The van der Waals surface area contributed by atoms with Gasteiger partial charge >= 0.3 is 0 Å². The second kappa shape index (κ2) is 4.76. The summed E-state index contributed by atoms with van der Waals surface area (Å²) in [5.41, 5.74) is 1.02. The molecule has 0 spiro atoms. The minimum absolute atomic E-state index is 0.163. The van der Waals surface area contributed by atoms with Crippen molar-refractivity contribution in [3.8, 4) is 0 Å². The minimum Gasteiger partial charge on any atom is -0.395 e. The second-order valence-corrected chi connectivity index (χ2v) is 5.18. The van der Waals surface area contributed by atoms with Crippen molar-refractivity contribution in [2.75, 3.05) is 6.61 Å². The van der Waals surface area contributed by atoms with Crippen LogP contribution in [0, 0.1) is 0 Å². The van der Waals surface area contributed by atoms with Crippen molar-refractivity contribution in [1.29, 1.82) is 0 Å². The number of nitrogens with zero attached hydrogens (tertiary/aromatic N) is 1. The summed E-state index contributed by atoms with van der Waals surface area (Å²) in [5.74, 6) is 0. The molecule has 2 heterocycles. The van der Waals surface area contributed by atoms with E-state index in [2.05, 4.69) is 23.4 Å². The van der Waals surface area contributed by atoms with Gasteiger partial charge in [-0.05, 0) is 35.6 Å². The standard InChI is InChI=1S/C13H15NOS/c1-13(10-15,12-3-2-8-16-12)9-11-4-6-14-7-5-11/h2-8,15H,9-10H2,1H3. The van der Waals surface area contributed by atoms with Crippen LogP contribution in [0.1, 0.15) is 17.4 Å². The van der Waals surface area contributed by atoms with E-state index >= 15 is 0 Å². The molecular formula is C13H15NOS. The molecule has 2 nitrogen and oxygen atoms in total. The van der Waals surface area contributed by atoms with E-state index in [1.165, 1.54) is 10.4 Å². The van der Waals surface area contributed by atoms with Gasteiger partial charge in [0.25, 0.3) is 0 Å². The lowest BCUT2D eigenvalue weighted by Gasteiger charge is -2.26. The lowest BCUT2D eigenvalue weighted by molar-refractivity contribution is 0.207. The quantitative estimate of drug-likeness (QED) is 0.880. The lowest BCUT2D eigenvalue weighted by Crippen LogP contribution is -2.28. The summed E-state index contributed by atoms with van der Waals surface area (Å²) in [6, 6.07) is 8.12. The Balaban J connectivity index is 2.23. The number of hydrogen-bond donors (Lipinski definition) is 1. The number of aliphatic hydroxyl groups excluding tert-OH is 1. The van der Waals surface area contributed by atoms with Crippen LogP contribution in [0.15, 0.2) is 42.0 Å². The smallest absolute Gasteiger partial charge is 0.0536 e. The predicted octanol–water partition coefficient (Wildman–Crippen LogP) is 2.64. The van der Waals surface area contributed by atoms with E-state index in [9.17, 15) is 5.11 Å². The molecular weight excluding hydrogens is 218 g/mol. The van der Waals surface area contributed by atoms with Crippen molar-refractivity contribution >= 4 is 11.3 Å². The van der Waals surface area contributed by atoms with Crippen LogP contribution in [0.4, 0.5) is 0 Å².